The van der Waals surface area contributed by atoms with Gasteiger partial charge in [0.15, 0.2) is 0 Å². The van der Waals surface area contributed by atoms with Crippen molar-refractivity contribution >= 4 is 16.2 Å². The highest BCUT2D eigenvalue weighted by atomic mass is 32.1. The van der Waals surface area contributed by atoms with Gasteiger partial charge in [0.05, 0.1) is 0 Å². The van der Waals surface area contributed by atoms with Gasteiger partial charge in [-0.3, -0.25) is 0 Å². The molecule has 0 radical (unpaired) electrons. The summed E-state index contributed by atoms with van der Waals surface area (Å²) >= 11 is 1.78. The Balaban J connectivity index is 2.57. The molecule has 2 rings (SSSR count). The first-order chi connectivity index (χ1) is 5.66. The lowest BCUT2D eigenvalue weighted by atomic mass is 10.2. The van der Waals surface area contributed by atoms with E-state index in [-0.39, 0.29) is 0 Å². The Kier molecular flexibility index (Phi) is 1.68. The van der Waals surface area contributed by atoms with E-state index < -0.39 is 0 Å². The Bertz CT molecular complexity index is 366. The summed E-state index contributed by atoms with van der Waals surface area (Å²) in [5.41, 5.74) is 1.28. The minimum atomic E-state index is 0.537. The number of nitrogens with zero attached hydrogens (tertiary/aromatic N) is 2. The van der Waals surface area contributed by atoms with Crippen molar-refractivity contribution in [3.8, 4) is 0 Å². The van der Waals surface area contributed by atoms with Crippen molar-refractivity contribution in [3.63, 3.8) is 0 Å². The first-order valence-electron chi connectivity index (χ1n) is 4.12. The van der Waals surface area contributed by atoms with Crippen LogP contribution in [0.25, 0.3) is 4.83 Å². The second-order valence-corrected chi connectivity index (χ2v) is 4.44. The maximum absolute atomic E-state index is 4.47. The zero-order valence-corrected chi connectivity index (χ0v) is 8.35. The molecule has 0 saturated carbocycles. The largest absolute Gasteiger partial charge is 0.230 e. The molecule has 0 aliphatic heterocycles. The van der Waals surface area contributed by atoms with Gasteiger partial charge in [-0.15, -0.1) is 0 Å². The van der Waals surface area contributed by atoms with Gasteiger partial charge in [-0.1, -0.05) is 25.2 Å². The van der Waals surface area contributed by atoms with Gasteiger partial charge in [0.2, 0.25) is 0 Å². The maximum Gasteiger partial charge on any atom is 0.119 e. The van der Waals surface area contributed by atoms with Crippen LogP contribution in [-0.4, -0.2) is 9.61 Å². The SMILES string of the molecule is Cc1cc2sc(C(C)C)nn2c1. The molecule has 2 aromatic rings. The lowest BCUT2D eigenvalue weighted by Crippen LogP contribution is -1.87. The molecule has 0 amide bonds. The van der Waals surface area contributed by atoms with Crippen LogP contribution in [0, 0.1) is 6.92 Å². The van der Waals surface area contributed by atoms with E-state index in [2.05, 4.69) is 38.1 Å². The monoisotopic (exact) mass is 180 g/mol. The molecule has 0 aliphatic carbocycles. The molecule has 0 spiro atoms. The summed E-state index contributed by atoms with van der Waals surface area (Å²) in [5.74, 6) is 0.537. The van der Waals surface area contributed by atoms with E-state index in [0.717, 1.165) is 0 Å². The van der Waals surface area contributed by atoms with Crippen molar-refractivity contribution in [2.75, 3.05) is 0 Å². The number of hydrogen-bond acceptors (Lipinski definition) is 2. The highest BCUT2D eigenvalue weighted by Gasteiger charge is 2.07. The van der Waals surface area contributed by atoms with Crippen LogP contribution in [-0.2, 0) is 0 Å². The minimum Gasteiger partial charge on any atom is -0.230 e. The highest BCUT2D eigenvalue weighted by Crippen LogP contribution is 2.23. The molecule has 0 aromatic carbocycles. The third kappa shape index (κ3) is 1.14. The third-order valence-electron chi connectivity index (χ3n) is 1.81. The molecule has 2 heterocycles. The molecule has 3 heteroatoms. The quantitative estimate of drug-likeness (QED) is 0.659. The lowest BCUT2D eigenvalue weighted by Gasteiger charge is -1.93. The molecule has 0 aliphatic rings. The van der Waals surface area contributed by atoms with Gasteiger partial charge < -0.3 is 0 Å². The number of hydrogen-bond donors (Lipinski definition) is 0. The van der Waals surface area contributed by atoms with Crippen LogP contribution in [0.1, 0.15) is 30.3 Å². The Morgan fingerprint density at radius 3 is 2.83 bits per heavy atom. The van der Waals surface area contributed by atoms with Gasteiger partial charge in [0.25, 0.3) is 0 Å². The standard InChI is InChI=1S/C9H12N2S/c1-6(2)9-10-11-5-7(3)4-8(11)12-9/h4-6H,1-3H3. The van der Waals surface area contributed by atoms with Crippen LogP contribution in [0.5, 0.6) is 0 Å². The Hall–Kier alpha value is -0.830. The van der Waals surface area contributed by atoms with Crippen molar-refractivity contribution in [2.24, 2.45) is 0 Å². The summed E-state index contributed by atoms with van der Waals surface area (Å²) in [4.78, 5) is 1.25. The first kappa shape index (κ1) is 7.80. The van der Waals surface area contributed by atoms with E-state index in [1.54, 1.807) is 11.3 Å². The van der Waals surface area contributed by atoms with Crippen LogP contribution < -0.4 is 0 Å². The number of fused-ring (bicyclic) bond motifs is 1. The van der Waals surface area contributed by atoms with E-state index in [9.17, 15) is 0 Å². The molecule has 0 bridgehead atoms. The fourth-order valence-electron chi connectivity index (χ4n) is 1.18. The fourth-order valence-corrected chi connectivity index (χ4v) is 2.19. The molecule has 0 saturated heterocycles. The van der Waals surface area contributed by atoms with E-state index in [0.29, 0.717) is 5.92 Å². The molecule has 12 heavy (non-hydrogen) atoms. The van der Waals surface area contributed by atoms with Crippen molar-refractivity contribution < 1.29 is 0 Å². The van der Waals surface area contributed by atoms with Crippen LogP contribution >= 0.6 is 11.3 Å². The van der Waals surface area contributed by atoms with Crippen molar-refractivity contribution in [3.05, 3.63) is 22.8 Å². The van der Waals surface area contributed by atoms with E-state index in [4.69, 9.17) is 0 Å². The summed E-state index contributed by atoms with van der Waals surface area (Å²) in [6, 6.07) is 2.17. The minimum absolute atomic E-state index is 0.537. The molecular formula is C9H12N2S. The van der Waals surface area contributed by atoms with Gasteiger partial charge in [0.1, 0.15) is 9.84 Å². The van der Waals surface area contributed by atoms with Crippen LogP contribution in [0.3, 0.4) is 0 Å². The molecule has 0 atom stereocenters. The lowest BCUT2D eigenvalue weighted by molar-refractivity contribution is 0.802. The Morgan fingerprint density at radius 2 is 2.25 bits per heavy atom. The Labute approximate surface area is 75.8 Å². The average Bonchev–Trinajstić information content (AvgIpc) is 2.42. The zero-order valence-electron chi connectivity index (χ0n) is 7.53. The Morgan fingerprint density at radius 1 is 1.50 bits per heavy atom. The van der Waals surface area contributed by atoms with Crippen LogP contribution in [0.2, 0.25) is 0 Å². The fraction of sp³-hybridized carbons (Fsp3) is 0.444. The molecule has 0 N–H and O–H groups in total. The van der Waals surface area contributed by atoms with Crippen molar-refractivity contribution in [1.82, 2.24) is 9.61 Å². The topological polar surface area (TPSA) is 17.3 Å². The first-order valence-corrected chi connectivity index (χ1v) is 4.94. The normalized spacial score (nSPS) is 11.7. The smallest absolute Gasteiger partial charge is 0.119 e. The molecule has 2 nitrogen and oxygen atoms in total. The summed E-state index contributed by atoms with van der Waals surface area (Å²) in [6.07, 6.45) is 2.07. The molecule has 0 fully saturated rings. The number of rotatable bonds is 1. The molecular weight excluding hydrogens is 168 g/mol. The predicted molar refractivity (Wildman–Crippen MR) is 51.9 cm³/mol. The van der Waals surface area contributed by atoms with Gasteiger partial charge in [-0.25, -0.2) is 4.52 Å². The van der Waals surface area contributed by atoms with Crippen molar-refractivity contribution in [2.45, 2.75) is 26.7 Å². The summed E-state index contributed by atoms with van der Waals surface area (Å²) in [6.45, 7) is 6.44. The average molecular weight is 180 g/mol. The second kappa shape index (κ2) is 2.59. The second-order valence-electron chi connectivity index (χ2n) is 3.40. The third-order valence-corrected chi connectivity index (χ3v) is 3.09. The number of aryl methyl sites for hydroxylation is 1. The summed E-state index contributed by atoms with van der Waals surface area (Å²) < 4.78 is 1.97. The van der Waals surface area contributed by atoms with E-state index in [1.807, 2.05) is 4.52 Å². The molecule has 64 valence electrons. The number of aromatic nitrogens is 2. The van der Waals surface area contributed by atoms with Gasteiger partial charge in [0, 0.05) is 12.1 Å². The van der Waals surface area contributed by atoms with Crippen molar-refractivity contribution in [1.29, 1.82) is 0 Å². The molecule has 0 unspecified atom stereocenters. The van der Waals surface area contributed by atoms with Gasteiger partial charge in [-0.05, 0) is 18.6 Å². The van der Waals surface area contributed by atoms with Gasteiger partial charge in [-0.2, -0.15) is 5.10 Å². The van der Waals surface area contributed by atoms with Crippen LogP contribution in [0.15, 0.2) is 12.3 Å². The highest BCUT2D eigenvalue weighted by molar-refractivity contribution is 7.17. The van der Waals surface area contributed by atoms with E-state index in [1.165, 1.54) is 15.4 Å². The summed E-state index contributed by atoms with van der Waals surface area (Å²) in [7, 11) is 0. The van der Waals surface area contributed by atoms with Gasteiger partial charge >= 0.3 is 0 Å². The van der Waals surface area contributed by atoms with E-state index >= 15 is 0 Å². The summed E-state index contributed by atoms with van der Waals surface area (Å²) in [5, 5.41) is 5.68. The van der Waals surface area contributed by atoms with Crippen LogP contribution in [0.4, 0.5) is 0 Å². The molecule has 2 aromatic heterocycles. The maximum atomic E-state index is 4.47. The predicted octanol–water partition coefficient (Wildman–Crippen LogP) is 2.83. The zero-order chi connectivity index (χ0) is 8.72.